The number of aromatic nitrogens is 2. The summed E-state index contributed by atoms with van der Waals surface area (Å²) < 4.78 is 0. The number of hydrogen-bond donors (Lipinski definition) is 2. The van der Waals surface area contributed by atoms with Gasteiger partial charge in [0.05, 0.1) is 0 Å². The Bertz CT molecular complexity index is 877. The molecule has 0 aliphatic heterocycles. The van der Waals surface area contributed by atoms with E-state index in [9.17, 15) is 4.79 Å². The molecule has 0 unspecified atom stereocenters. The zero-order valence-corrected chi connectivity index (χ0v) is 15.5. The van der Waals surface area contributed by atoms with Gasteiger partial charge in [-0.1, -0.05) is 18.2 Å². The molecule has 1 aromatic heterocycles. The van der Waals surface area contributed by atoms with Crippen LogP contribution in [0.4, 0.5) is 23.0 Å². The molecule has 138 valence electrons. The number of para-hydroxylation sites is 1. The van der Waals surface area contributed by atoms with Crippen molar-refractivity contribution in [3.05, 3.63) is 72.6 Å². The Kier molecular flexibility index (Phi) is 5.99. The lowest BCUT2D eigenvalue weighted by Crippen LogP contribution is -2.21. The molecule has 6 nitrogen and oxygen atoms in total. The standard InChI is InChI=1S/C21H23N5O/c1-3-26(4-2)18-12-10-17(11-13-18)23-20(27)19-14-15-22-21(25-19)24-16-8-6-5-7-9-16/h5-15H,3-4H2,1-2H3,(H,23,27)(H,22,24,25). The largest absolute Gasteiger partial charge is 0.372 e. The van der Waals surface area contributed by atoms with E-state index in [0.717, 1.165) is 30.2 Å². The van der Waals surface area contributed by atoms with Gasteiger partial charge in [0.2, 0.25) is 5.95 Å². The number of nitrogens with zero attached hydrogens (tertiary/aromatic N) is 3. The highest BCUT2D eigenvalue weighted by molar-refractivity contribution is 6.03. The first-order chi connectivity index (χ1) is 13.2. The van der Waals surface area contributed by atoms with E-state index < -0.39 is 0 Å². The van der Waals surface area contributed by atoms with Gasteiger partial charge in [0, 0.05) is 36.3 Å². The molecule has 0 fully saturated rings. The Morgan fingerprint density at radius 2 is 1.63 bits per heavy atom. The van der Waals surface area contributed by atoms with E-state index in [-0.39, 0.29) is 5.91 Å². The van der Waals surface area contributed by atoms with Gasteiger partial charge in [0.15, 0.2) is 0 Å². The molecule has 0 spiro atoms. The lowest BCUT2D eigenvalue weighted by molar-refractivity contribution is 0.102. The van der Waals surface area contributed by atoms with Gasteiger partial charge in [-0.15, -0.1) is 0 Å². The molecule has 0 bridgehead atoms. The summed E-state index contributed by atoms with van der Waals surface area (Å²) in [6.07, 6.45) is 1.57. The predicted molar refractivity (Wildman–Crippen MR) is 110 cm³/mol. The number of carbonyl (C=O) groups excluding carboxylic acids is 1. The molecule has 3 aromatic rings. The first-order valence-electron chi connectivity index (χ1n) is 9.01. The molecular formula is C21H23N5O. The van der Waals surface area contributed by atoms with Crippen molar-refractivity contribution in [2.24, 2.45) is 0 Å². The second kappa shape index (κ2) is 8.80. The quantitative estimate of drug-likeness (QED) is 0.656. The van der Waals surface area contributed by atoms with Crippen molar-refractivity contribution in [1.29, 1.82) is 0 Å². The molecule has 1 heterocycles. The van der Waals surface area contributed by atoms with Gasteiger partial charge >= 0.3 is 0 Å². The van der Waals surface area contributed by atoms with Crippen LogP contribution >= 0.6 is 0 Å². The fourth-order valence-corrected chi connectivity index (χ4v) is 2.74. The minimum absolute atomic E-state index is 0.274. The van der Waals surface area contributed by atoms with Crippen LogP contribution < -0.4 is 15.5 Å². The van der Waals surface area contributed by atoms with Crippen LogP contribution in [-0.2, 0) is 0 Å². The maximum Gasteiger partial charge on any atom is 0.274 e. The third-order valence-electron chi connectivity index (χ3n) is 4.17. The number of amides is 1. The van der Waals surface area contributed by atoms with Crippen LogP contribution in [0.25, 0.3) is 0 Å². The minimum atomic E-state index is -0.274. The van der Waals surface area contributed by atoms with Crippen LogP contribution in [0.2, 0.25) is 0 Å². The number of anilines is 4. The van der Waals surface area contributed by atoms with Crippen molar-refractivity contribution < 1.29 is 4.79 Å². The fraction of sp³-hybridized carbons (Fsp3) is 0.190. The summed E-state index contributed by atoms with van der Waals surface area (Å²) in [5.41, 5.74) is 3.03. The molecule has 27 heavy (non-hydrogen) atoms. The van der Waals surface area contributed by atoms with Crippen LogP contribution in [0, 0.1) is 0 Å². The molecule has 0 saturated carbocycles. The Morgan fingerprint density at radius 3 is 2.30 bits per heavy atom. The second-order valence-corrected chi connectivity index (χ2v) is 5.93. The van der Waals surface area contributed by atoms with Gasteiger partial charge in [-0.2, -0.15) is 0 Å². The summed E-state index contributed by atoms with van der Waals surface area (Å²) in [5.74, 6) is 0.106. The third kappa shape index (κ3) is 4.82. The topological polar surface area (TPSA) is 70.2 Å². The lowest BCUT2D eigenvalue weighted by Gasteiger charge is -2.21. The number of hydrogen-bond acceptors (Lipinski definition) is 5. The Labute approximate surface area is 159 Å². The average molecular weight is 361 g/mol. The van der Waals surface area contributed by atoms with Crippen LogP contribution in [0.1, 0.15) is 24.3 Å². The molecule has 0 aliphatic rings. The van der Waals surface area contributed by atoms with Crippen molar-refractivity contribution in [1.82, 2.24) is 9.97 Å². The zero-order chi connectivity index (χ0) is 19.1. The molecule has 6 heteroatoms. The van der Waals surface area contributed by atoms with Crippen LogP contribution in [0.3, 0.4) is 0 Å². The number of benzene rings is 2. The van der Waals surface area contributed by atoms with Gasteiger partial charge in [-0.25, -0.2) is 9.97 Å². The van der Waals surface area contributed by atoms with E-state index in [1.807, 2.05) is 54.6 Å². The van der Waals surface area contributed by atoms with Crippen molar-refractivity contribution in [2.45, 2.75) is 13.8 Å². The second-order valence-electron chi connectivity index (χ2n) is 5.93. The fourth-order valence-electron chi connectivity index (χ4n) is 2.74. The normalized spacial score (nSPS) is 10.3. The van der Waals surface area contributed by atoms with Gasteiger partial charge in [-0.05, 0) is 56.3 Å². The summed E-state index contributed by atoms with van der Waals surface area (Å²) >= 11 is 0. The smallest absolute Gasteiger partial charge is 0.274 e. The molecule has 1 amide bonds. The maximum absolute atomic E-state index is 12.5. The number of carbonyl (C=O) groups is 1. The Balaban J connectivity index is 1.68. The molecule has 0 saturated heterocycles. The minimum Gasteiger partial charge on any atom is -0.372 e. The van der Waals surface area contributed by atoms with Gasteiger partial charge in [0.1, 0.15) is 5.69 Å². The summed E-state index contributed by atoms with van der Waals surface area (Å²) in [5, 5.41) is 5.96. The van der Waals surface area contributed by atoms with Crippen LogP contribution in [-0.4, -0.2) is 29.0 Å². The highest BCUT2D eigenvalue weighted by Gasteiger charge is 2.10. The van der Waals surface area contributed by atoms with Crippen LogP contribution in [0.15, 0.2) is 66.9 Å². The lowest BCUT2D eigenvalue weighted by atomic mass is 10.2. The van der Waals surface area contributed by atoms with Gasteiger partial charge in [0.25, 0.3) is 5.91 Å². The Hall–Kier alpha value is -3.41. The summed E-state index contributed by atoms with van der Waals surface area (Å²) in [7, 11) is 0. The van der Waals surface area contributed by atoms with Gasteiger partial charge in [-0.3, -0.25) is 4.79 Å². The number of nitrogens with one attached hydrogen (secondary N) is 2. The van der Waals surface area contributed by atoms with Crippen molar-refractivity contribution in [3.63, 3.8) is 0 Å². The van der Waals surface area contributed by atoms with E-state index in [2.05, 4.69) is 39.3 Å². The molecule has 2 aromatic carbocycles. The molecule has 0 aliphatic carbocycles. The maximum atomic E-state index is 12.5. The monoisotopic (exact) mass is 361 g/mol. The molecule has 2 N–H and O–H groups in total. The van der Waals surface area contributed by atoms with Crippen LogP contribution in [0.5, 0.6) is 0 Å². The van der Waals surface area contributed by atoms with E-state index in [1.165, 1.54) is 0 Å². The van der Waals surface area contributed by atoms with Crippen molar-refractivity contribution >= 4 is 28.9 Å². The highest BCUT2D eigenvalue weighted by atomic mass is 16.1. The first kappa shape index (κ1) is 18.4. The van der Waals surface area contributed by atoms with Gasteiger partial charge < -0.3 is 15.5 Å². The zero-order valence-electron chi connectivity index (χ0n) is 15.5. The highest BCUT2D eigenvalue weighted by Crippen LogP contribution is 2.18. The Morgan fingerprint density at radius 1 is 0.926 bits per heavy atom. The van der Waals surface area contributed by atoms with Crippen molar-refractivity contribution in [2.75, 3.05) is 28.6 Å². The average Bonchev–Trinajstić information content (AvgIpc) is 2.71. The molecule has 3 rings (SSSR count). The molecule has 0 atom stereocenters. The number of rotatable bonds is 7. The van der Waals surface area contributed by atoms with E-state index >= 15 is 0 Å². The van der Waals surface area contributed by atoms with Crippen molar-refractivity contribution in [3.8, 4) is 0 Å². The molecular weight excluding hydrogens is 338 g/mol. The summed E-state index contributed by atoms with van der Waals surface area (Å²) in [6.45, 7) is 6.13. The SMILES string of the molecule is CCN(CC)c1ccc(NC(=O)c2ccnc(Nc3ccccc3)n2)cc1. The summed E-state index contributed by atoms with van der Waals surface area (Å²) in [6, 6.07) is 19.0. The summed E-state index contributed by atoms with van der Waals surface area (Å²) in [4.78, 5) is 23.2. The molecule has 0 radical (unpaired) electrons. The van der Waals surface area contributed by atoms with E-state index in [0.29, 0.717) is 11.6 Å². The predicted octanol–water partition coefficient (Wildman–Crippen LogP) is 4.32. The van der Waals surface area contributed by atoms with E-state index in [1.54, 1.807) is 12.3 Å². The third-order valence-corrected chi connectivity index (χ3v) is 4.17. The first-order valence-corrected chi connectivity index (χ1v) is 9.01. The van der Waals surface area contributed by atoms with E-state index in [4.69, 9.17) is 0 Å².